The van der Waals surface area contributed by atoms with Crippen molar-refractivity contribution in [1.29, 1.82) is 0 Å². The van der Waals surface area contributed by atoms with Crippen LogP contribution in [0.2, 0.25) is 0 Å². The van der Waals surface area contributed by atoms with Crippen LogP contribution in [0.5, 0.6) is 0 Å². The molecule has 2 aromatic carbocycles. The average molecular weight is 491 g/mol. The van der Waals surface area contributed by atoms with Gasteiger partial charge in [0.05, 0.1) is 10.8 Å². The first kappa shape index (κ1) is 27.5. The Morgan fingerprint density at radius 1 is 1.00 bits per heavy atom. The summed E-state index contributed by atoms with van der Waals surface area (Å²) in [5, 5.41) is 24.1. The van der Waals surface area contributed by atoms with E-state index >= 15 is 0 Å². The zero-order valence-corrected chi connectivity index (χ0v) is 19.4. The molecule has 0 radical (unpaired) electrons. The van der Waals surface area contributed by atoms with Crippen molar-refractivity contribution >= 4 is 29.1 Å². The molecule has 12 heteroatoms. The lowest BCUT2D eigenvalue weighted by molar-refractivity contribution is -0.137. The summed E-state index contributed by atoms with van der Waals surface area (Å²) in [6, 6.07) is 16.9. The highest BCUT2D eigenvalue weighted by Gasteiger charge is 2.57. The minimum atomic E-state index is -4.00. The number of nitrogens with two attached hydrogens (primary N) is 1. The molecule has 0 saturated heterocycles. The van der Waals surface area contributed by atoms with Crippen LogP contribution >= 0.6 is 0 Å². The molecular weight excluding hydrogens is 461 g/mol. The van der Waals surface area contributed by atoms with Gasteiger partial charge in [-0.2, -0.15) is 8.42 Å². The topological polar surface area (TPSA) is 179 Å². The number of rotatable bonds is 10. The fourth-order valence-electron chi connectivity index (χ4n) is 3.16. The van der Waals surface area contributed by atoms with Crippen molar-refractivity contribution in [3.63, 3.8) is 0 Å². The maximum Gasteiger partial charge on any atom is 0.475 e. The van der Waals surface area contributed by atoms with Gasteiger partial charge in [0.25, 0.3) is 10.1 Å². The third-order valence-electron chi connectivity index (χ3n) is 5.35. The number of carbonyl (C=O) groups is 2. The van der Waals surface area contributed by atoms with Gasteiger partial charge in [-0.25, -0.2) is 0 Å². The van der Waals surface area contributed by atoms with Crippen LogP contribution in [0.4, 0.5) is 0 Å². The summed E-state index contributed by atoms with van der Waals surface area (Å²) in [6.07, 6.45) is 1.83. The minimum absolute atomic E-state index is 0.0741. The van der Waals surface area contributed by atoms with Crippen molar-refractivity contribution in [3.05, 3.63) is 66.2 Å². The van der Waals surface area contributed by atoms with Crippen molar-refractivity contribution in [2.24, 2.45) is 11.1 Å². The molecule has 0 unspecified atom stereocenters. The molecule has 1 aliphatic rings. The Kier molecular flexibility index (Phi) is 10.2. The maximum atomic E-state index is 12.4. The van der Waals surface area contributed by atoms with Gasteiger partial charge in [0.2, 0.25) is 11.8 Å². The molecule has 2 amide bonds. The van der Waals surface area contributed by atoms with Gasteiger partial charge in [-0.15, -0.1) is 0 Å². The van der Waals surface area contributed by atoms with E-state index in [4.69, 9.17) is 10.3 Å². The van der Waals surface area contributed by atoms with Gasteiger partial charge in [0, 0.05) is 6.54 Å². The van der Waals surface area contributed by atoms with Crippen molar-refractivity contribution in [1.82, 2.24) is 10.6 Å². The predicted molar refractivity (Wildman–Crippen MR) is 127 cm³/mol. The molecule has 0 bridgehead atoms. The molecule has 1 saturated carbocycles. The van der Waals surface area contributed by atoms with Gasteiger partial charge in [0.15, 0.2) is 0 Å². The molecule has 1 fully saturated rings. The van der Waals surface area contributed by atoms with Gasteiger partial charge in [-0.3, -0.25) is 14.1 Å². The normalized spacial score (nSPS) is 14.7. The monoisotopic (exact) mass is 491 g/mol. The first-order valence-corrected chi connectivity index (χ1v) is 12.3. The number of hydrogen-bond donors (Lipinski definition) is 6. The van der Waals surface area contributed by atoms with Crippen LogP contribution in [0.15, 0.2) is 65.6 Å². The smallest absolute Gasteiger partial charge is 0.426 e. The number of benzene rings is 2. The van der Waals surface area contributed by atoms with Crippen LogP contribution in [0.25, 0.3) is 0 Å². The SMILES string of the molecule is NCCC[C@H](NC(=O)C1(C(=O)NCc2ccccc2)CC1)B(O)O.O=S(=O)(O)c1ccccc1. The van der Waals surface area contributed by atoms with E-state index in [1.165, 1.54) is 12.1 Å². The number of hydrogen-bond acceptors (Lipinski definition) is 7. The first-order valence-electron chi connectivity index (χ1n) is 10.8. The largest absolute Gasteiger partial charge is 0.475 e. The standard InChI is InChI=1S/C16H24BN3O4.C6H6O3S/c18-10-4-7-13(17(23)24)20-15(22)16(8-9-16)14(21)19-11-12-5-2-1-3-6-12;7-10(8,9)6-4-2-1-3-5-6/h1-3,5-6,13,23-24H,4,7-11,18H2,(H,19,21)(H,20,22);1-5H,(H,7,8,9)/t13-;/m0./s1. The Labute approximate surface area is 199 Å². The summed E-state index contributed by atoms with van der Waals surface area (Å²) in [5.41, 5.74) is 5.27. The Hall–Kier alpha value is -2.77. The molecule has 2 aromatic rings. The summed E-state index contributed by atoms with van der Waals surface area (Å²) in [6.45, 7) is 0.746. The van der Waals surface area contributed by atoms with Crippen LogP contribution in [0.1, 0.15) is 31.2 Å². The third kappa shape index (κ3) is 8.22. The predicted octanol–water partition coefficient (Wildman–Crippen LogP) is 0.252. The highest BCUT2D eigenvalue weighted by atomic mass is 32.2. The van der Waals surface area contributed by atoms with E-state index in [9.17, 15) is 28.1 Å². The lowest BCUT2D eigenvalue weighted by Gasteiger charge is -2.21. The van der Waals surface area contributed by atoms with Crippen LogP contribution in [0.3, 0.4) is 0 Å². The van der Waals surface area contributed by atoms with Crippen molar-refractivity contribution in [3.8, 4) is 0 Å². The van der Waals surface area contributed by atoms with Gasteiger partial charge in [-0.05, 0) is 49.9 Å². The summed E-state index contributed by atoms with van der Waals surface area (Å²) < 4.78 is 29.2. The number of amides is 2. The summed E-state index contributed by atoms with van der Waals surface area (Å²) in [7, 11) is -5.68. The molecular formula is C22H30BN3O7S. The summed E-state index contributed by atoms with van der Waals surface area (Å²) in [4.78, 5) is 24.7. The van der Waals surface area contributed by atoms with Crippen molar-refractivity contribution in [2.45, 2.75) is 43.1 Å². The highest BCUT2D eigenvalue weighted by molar-refractivity contribution is 7.85. The molecule has 10 nitrogen and oxygen atoms in total. The molecule has 0 aliphatic heterocycles. The van der Waals surface area contributed by atoms with E-state index in [2.05, 4.69) is 10.6 Å². The molecule has 1 aliphatic carbocycles. The Balaban J connectivity index is 0.000000340. The molecule has 7 N–H and O–H groups in total. The van der Waals surface area contributed by atoms with Crippen molar-refractivity contribution in [2.75, 3.05) is 6.54 Å². The van der Waals surface area contributed by atoms with E-state index in [1.54, 1.807) is 18.2 Å². The summed E-state index contributed by atoms with van der Waals surface area (Å²) in [5.74, 6) is -1.60. The van der Waals surface area contributed by atoms with E-state index in [1.807, 2.05) is 30.3 Å². The van der Waals surface area contributed by atoms with Gasteiger partial charge in [0.1, 0.15) is 5.41 Å². The fourth-order valence-corrected chi connectivity index (χ4v) is 3.66. The Morgan fingerprint density at radius 3 is 2.00 bits per heavy atom. The molecule has 0 aromatic heterocycles. The van der Waals surface area contributed by atoms with E-state index in [0.29, 0.717) is 38.8 Å². The van der Waals surface area contributed by atoms with Gasteiger partial charge < -0.3 is 26.4 Å². The lowest BCUT2D eigenvalue weighted by atomic mass is 9.76. The molecule has 3 rings (SSSR count). The quantitative estimate of drug-likeness (QED) is 0.156. The van der Waals surface area contributed by atoms with Crippen molar-refractivity contribution < 1.29 is 32.6 Å². The molecule has 184 valence electrons. The fraction of sp³-hybridized carbons (Fsp3) is 0.364. The average Bonchev–Trinajstić information content (AvgIpc) is 3.63. The maximum absolute atomic E-state index is 12.4. The van der Waals surface area contributed by atoms with Gasteiger partial charge in [-0.1, -0.05) is 48.5 Å². The van der Waals surface area contributed by atoms with Crippen LogP contribution < -0.4 is 16.4 Å². The molecule has 1 atom stereocenters. The van der Waals surface area contributed by atoms with E-state index in [-0.39, 0.29) is 10.8 Å². The summed E-state index contributed by atoms with van der Waals surface area (Å²) >= 11 is 0. The van der Waals surface area contributed by atoms with Gasteiger partial charge >= 0.3 is 7.12 Å². The highest BCUT2D eigenvalue weighted by Crippen LogP contribution is 2.46. The Morgan fingerprint density at radius 2 is 1.56 bits per heavy atom. The third-order valence-corrected chi connectivity index (χ3v) is 6.22. The van der Waals surface area contributed by atoms with Crippen LogP contribution in [-0.4, -0.2) is 54.4 Å². The van der Waals surface area contributed by atoms with E-state index in [0.717, 1.165) is 5.56 Å². The molecule has 34 heavy (non-hydrogen) atoms. The van der Waals surface area contributed by atoms with Crippen LogP contribution in [0, 0.1) is 5.41 Å². The second-order valence-corrected chi connectivity index (χ2v) is 9.38. The second kappa shape index (κ2) is 12.6. The van der Waals surface area contributed by atoms with Crippen LogP contribution in [-0.2, 0) is 26.3 Å². The second-order valence-electron chi connectivity index (χ2n) is 7.96. The molecule has 0 heterocycles. The minimum Gasteiger partial charge on any atom is -0.426 e. The molecule has 0 spiro atoms. The number of carbonyl (C=O) groups excluding carboxylic acids is 2. The lowest BCUT2D eigenvalue weighted by Crippen LogP contribution is -2.52. The Bertz CT molecular complexity index is 1030. The zero-order chi connectivity index (χ0) is 25.2. The first-order chi connectivity index (χ1) is 16.1. The van der Waals surface area contributed by atoms with E-state index < -0.39 is 34.5 Å². The zero-order valence-electron chi connectivity index (χ0n) is 18.6. The number of nitrogens with one attached hydrogen (secondary N) is 2.